The second kappa shape index (κ2) is 9.15. The molecule has 0 aliphatic heterocycles. The van der Waals surface area contributed by atoms with Crippen LogP contribution in [0.25, 0.3) is 0 Å². The highest BCUT2D eigenvalue weighted by molar-refractivity contribution is 6.31. The van der Waals surface area contributed by atoms with E-state index in [1.807, 2.05) is 12.1 Å². The van der Waals surface area contributed by atoms with E-state index in [1.54, 1.807) is 44.5 Å². The first-order chi connectivity index (χ1) is 12.0. The maximum absolute atomic E-state index is 12.7. The first kappa shape index (κ1) is 18.9. The van der Waals surface area contributed by atoms with Crippen LogP contribution in [0.5, 0.6) is 0 Å². The third-order valence-electron chi connectivity index (χ3n) is 3.50. The summed E-state index contributed by atoms with van der Waals surface area (Å²) in [5.41, 5.74) is 1.38. The van der Waals surface area contributed by atoms with Crippen molar-refractivity contribution in [2.75, 3.05) is 19.0 Å². The molecule has 1 aromatic heterocycles. The molecule has 0 saturated heterocycles. The fourth-order valence-corrected chi connectivity index (χ4v) is 2.41. The number of rotatable bonds is 7. The van der Waals surface area contributed by atoms with Crippen LogP contribution in [0.15, 0.2) is 42.6 Å². The zero-order valence-corrected chi connectivity index (χ0v) is 14.8. The number of anilines is 1. The number of pyridine rings is 1. The van der Waals surface area contributed by atoms with Crippen molar-refractivity contribution in [3.63, 3.8) is 0 Å². The Balaban J connectivity index is 2.25. The van der Waals surface area contributed by atoms with E-state index in [1.165, 1.54) is 0 Å². The molecule has 0 saturated carbocycles. The van der Waals surface area contributed by atoms with E-state index in [2.05, 4.69) is 15.6 Å². The zero-order chi connectivity index (χ0) is 18.2. The van der Waals surface area contributed by atoms with Crippen LogP contribution in [-0.4, -0.2) is 30.5 Å². The molecule has 1 aromatic carbocycles. The van der Waals surface area contributed by atoms with Gasteiger partial charge in [-0.1, -0.05) is 24.6 Å². The maximum Gasteiger partial charge on any atom is 0.254 e. The van der Waals surface area contributed by atoms with Crippen LogP contribution in [0.1, 0.15) is 35.4 Å². The van der Waals surface area contributed by atoms with E-state index in [-0.39, 0.29) is 18.4 Å². The maximum atomic E-state index is 12.7. The Labute approximate surface area is 151 Å². The molecule has 0 aliphatic rings. The number of nitrogens with zero attached hydrogens (tertiary/aromatic N) is 1. The quantitative estimate of drug-likeness (QED) is 0.793. The van der Waals surface area contributed by atoms with Crippen molar-refractivity contribution in [2.45, 2.75) is 19.4 Å². The average Bonchev–Trinajstić information content (AvgIpc) is 2.62. The first-order valence-electron chi connectivity index (χ1n) is 7.85. The van der Waals surface area contributed by atoms with Crippen LogP contribution in [0, 0.1) is 0 Å². The number of hydrogen-bond donors (Lipinski definition) is 2. The zero-order valence-electron chi connectivity index (χ0n) is 14.1. The third-order valence-corrected chi connectivity index (χ3v) is 3.74. The van der Waals surface area contributed by atoms with E-state index >= 15 is 0 Å². The molecule has 0 bridgehead atoms. The van der Waals surface area contributed by atoms with Gasteiger partial charge in [0.05, 0.1) is 29.6 Å². The Morgan fingerprint density at radius 3 is 2.72 bits per heavy atom. The molecule has 2 rings (SSSR count). The van der Waals surface area contributed by atoms with Gasteiger partial charge in [-0.2, -0.15) is 0 Å². The van der Waals surface area contributed by atoms with Crippen molar-refractivity contribution in [3.8, 4) is 0 Å². The van der Waals surface area contributed by atoms with Gasteiger partial charge in [0.15, 0.2) is 0 Å². The van der Waals surface area contributed by atoms with Crippen molar-refractivity contribution in [3.05, 3.63) is 58.9 Å². The molecule has 6 nitrogen and oxygen atoms in total. The Kier molecular flexibility index (Phi) is 6.91. The summed E-state index contributed by atoms with van der Waals surface area (Å²) in [4.78, 5) is 28.7. The van der Waals surface area contributed by atoms with Gasteiger partial charge < -0.3 is 15.4 Å². The largest absolute Gasteiger partial charge is 0.382 e. The number of nitrogens with one attached hydrogen (secondary N) is 2. The van der Waals surface area contributed by atoms with Crippen molar-refractivity contribution in [2.24, 2.45) is 0 Å². The molecule has 1 atom stereocenters. The minimum absolute atomic E-state index is 0.200. The molecule has 0 aliphatic carbocycles. The number of aromatic nitrogens is 1. The molecule has 25 heavy (non-hydrogen) atoms. The SMILES string of the molecule is CCC(=O)Nc1cc(Cl)ccc1C(=O)N[C@@H](COC)c1ccccn1. The molecule has 2 aromatic rings. The number of methoxy groups -OCH3 is 1. The molecule has 0 spiro atoms. The van der Waals surface area contributed by atoms with Gasteiger partial charge in [0.2, 0.25) is 5.91 Å². The molecular weight excluding hydrogens is 342 g/mol. The molecular formula is C18H20ClN3O3. The highest BCUT2D eigenvalue weighted by Gasteiger charge is 2.19. The summed E-state index contributed by atoms with van der Waals surface area (Å²) in [7, 11) is 1.55. The highest BCUT2D eigenvalue weighted by Crippen LogP contribution is 2.22. The number of halogens is 1. The number of ether oxygens (including phenoxy) is 1. The Hall–Kier alpha value is -2.44. The van der Waals surface area contributed by atoms with Crippen LogP contribution >= 0.6 is 11.6 Å². The van der Waals surface area contributed by atoms with E-state index in [0.29, 0.717) is 28.4 Å². The lowest BCUT2D eigenvalue weighted by Gasteiger charge is -2.19. The van der Waals surface area contributed by atoms with Crippen LogP contribution in [0.4, 0.5) is 5.69 Å². The van der Waals surface area contributed by atoms with E-state index < -0.39 is 6.04 Å². The van der Waals surface area contributed by atoms with E-state index in [4.69, 9.17) is 16.3 Å². The summed E-state index contributed by atoms with van der Waals surface area (Å²) in [6.45, 7) is 2.00. The van der Waals surface area contributed by atoms with Gasteiger partial charge in [0, 0.05) is 24.8 Å². The van der Waals surface area contributed by atoms with Crippen LogP contribution in [0.3, 0.4) is 0 Å². The fourth-order valence-electron chi connectivity index (χ4n) is 2.24. The lowest BCUT2D eigenvalue weighted by atomic mass is 10.1. The standard InChI is InChI=1S/C18H20ClN3O3/c1-3-17(23)21-15-10-12(19)7-8-13(15)18(24)22-16(11-25-2)14-6-4-5-9-20-14/h4-10,16H,3,11H2,1-2H3,(H,21,23)(H,22,24)/t16-/m0/s1. The summed E-state index contributed by atoms with van der Waals surface area (Å²) in [6, 6.07) is 9.76. The van der Waals surface area contributed by atoms with Gasteiger partial charge in [0.1, 0.15) is 0 Å². The lowest BCUT2D eigenvalue weighted by Crippen LogP contribution is -2.32. The number of amides is 2. The molecule has 2 N–H and O–H groups in total. The van der Waals surface area contributed by atoms with Gasteiger partial charge in [-0.15, -0.1) is 0 Å². The van der Waals surface area contributed by atoms with Gasteiger partial charge in [-0.25, -0.2) is 0 Å². The minimum atomic E-state index is -0.413. The van der Waals surface area contributed by atoms with Crippen molar-refractivity contribution >= 4 is 29.1 Å². The molecule has 0 radical (unpaired) electrons. The smallest absolute Gasteiger partial charge is 0.254 e. The van der Waals surface area contributed by atoms with Gasteiger partial charge in [-0.05, 0) is 30.3 Å². The predicted octanol–water partition coefficient (Wildman–Crippen LogP) is 3.20. The third kappa shape index (κ3) is 5.27. The lowest BCUT2D eigenvalue weighted by molar-refractivity contribution is -0.115. The normalized spacial score (nSPS) is 11.6. The Morgan fingerprint density at radius 1 is 1.28 bits per heavy atom. The average molecular weight is 362 g/mol. The van der Waals surface area contributed by atoms with Crippen molar-refractivity contribution in [1.82, 2.24) is 10.3 Å². The van der Waals surface area contributed by atoms with Gasteiger partial charge in [0.25, 0.3) is 5.91 Å². The second-order valence-corrected chi connectivity index (χ2v) is 5.76. The van der Waals surface area contributed by atoms with Gasteiger partial charge >= 0.3 is 0 Å². The topological polar surface area (TPSA) is 80.3 Å². The predicted molar refractivity (Wildman–Crippen MR) is 96.7 cm³/mol. The molecule has 2 amide bonds. The molecule has 0 unspecified atom stereocenters. The molecule has 132 valence electrons. The van der Waals surface area contributed by atoms with Crippen LogP contribution in [-0.2, 0) is 9.53 Å². The van der Waals surface area contributed by atoms with Crippen LogP contribution in [0.2, 0.25) is 5.02 Å². The number of benzene rings is 1. The number of carbonyl (C=O) groups excluding carboxylic acids is 2. The molecule has 1 heterocycles. The highest BCUT2D eigenvalue weighted by atomic mass is 35.5. The number of carbonyl (C=O) groups is 2. The number of hydrogen-bond acceptors (Lipinski definition) is 4. The molecule has 7 heteroatoms. The summed E-state index contributed by atoms with van der Waals surface area (Å²) in [5, 5.41) is 6.01. The summed E-state index contributed by atoms with van der Waals surface area (Å²) < 4.78 is 5.18. The summed E-state index contributed by atoms with van der Waals surface area (Å²) >= 11 is 5.99. The van der Waals surface area contributed by atoms with Gasteiger partial charge in [-0.3, -0.25) is 14.6 Å². The summed E-state index contributed by atoms with van der Waals surface area (Å²) in [6.07, 6.45) is 1.95. The first-order valence-corrected chi connectivity index (χ1v) is 8.23. The van der Waals surface area contributed by atoms with E-state index in [0.717, 1.165) is 0 Å². The Morgan fingerprint density at radius 2 is 2.08 bits per heavy atom. The monoisotopic (exact) mass is 361 g/mol. The van der Waals surface area contributed by atoms with Crippen molar-refractivity contribution < 1.29 is 14.3 Å². The minimum Gasteiger partial charge on any atom is -0.382 e. The van der Waals surface area contributed by atoms with Crippen LogP contribution < -0.4 is 10.6 Å². The molecule has 0 fully saturated rings. The summed E-state index contributed by atoms with van der Waals surface area (Å²) in [5.74, 6) is -0.551. The second-order valence-electron chi connectivity index (χ2n) is 5.33. The van der Waals surface area contributed by atoms with E-state index in [9.17, 15) is 9.59 Å². The fraction of sp³-hybridized carbons (Fsp3) is 0.278. The Bertz CT molecular complexity index is 738. The van der Waals surface area contributed by atoms with Crippen molar-refractivity contribution in [1.29, 1.82) is 0 Å².